The summed E-state index contributed by atoms with van der Waals surface area (Å²) in [6.45, 7) is 5.84. The third-order valence-electron chi connectivity index (χ3n) is 5.81. The van der Waals surface area contributed by atoms with Gasteiger partial charge in [-0.1, -0.05) is 17.3 Å². The molecule has 186 valence electrons. The molecule has 0 atom stereocenters. The van der Waals surface area contributed by atoms with Crippen LogP contribution in [0.15, 0.2) is 63.9 Å². The maximum Gasteiger partial charge on any atom is 0.362 e. The van der Waals surface area contributed by atoms with E-state index >= 15 is 0 Å². The first-order valence-electron chi connectivity index (χ1n) is 11.8. The molecule has 10 nitrogen and oxygen atoms in total. The van der Waals surface area contributed by atoms with Gasteiger partial charge in [0, 0.05) is 54.3 Å². The molecule has 2 heterocycles. The molecule has 4 aromatic rings. The second kappa shape index (κ2) is 10.9. The van der Waals surface area contributed by atoms with E-state index in [0.29, 0.717) is 22.5 Å². The van der Waals surface area contributed by atoms with Crippen LogP contribution in [0, 0.1) is 0 Å². The second-order valence-electron chi connectivity index (χ2n) is 8.24. The minimum Gasteiger partial charge on any atom is -0.481 e. The Morgan fingerprint density at radius 1 is 1.08 bits per heavy atom. The molecular formula is C26H27N5O5. The number of fused-ring (bicyclic) bond motifs is 1. The van der Waals surface area contributed by atoms with Gasteiger partial charge in [-0.3, -0.25) is 9.59 Å². The number of anilines is 2. The second-order valence-corrected chi connectivity index (χ2v) is 8.24. The predicted octanol–water partition coefficient (Wildman–Crippen LogP) is 4.08. The third kappa shape index (κ3) is 5.60. The molecule has 2 aromatic carbocycles. The van der Waals surface area contributed by atoms with Crippen molar-refractivity contribution in [2.24, 2.45) is 0 Å². The monoisotopic (exact) mass is 489 g/mol. The van der Waals surface area contributed by atoms with Gasteiger partial charge in [0.1, 0.15) is 11.3 Å². The number of hydrogen-bond donors (Lipinski definition) is 2. The quantitative estimate of drug-likeness (QED) is 0.319. The van der Waals surface area contributed by atoms with E-state index in [9.17, 15) is 14.4 Å². The number of hydrogen-bond acceptors (Lipinski definition) is 7. The maximum absolute atomic E-state index is 12.8. The summed E-state index contributed by atoms with van der Waals surface area (Å²) in [4.78, 5) is 37.6. The number of carboxylic acid groups (broad SMARTS) is 1. The minimum atomic E-state index is -0.933. The largest absolute Gasteiger partial charge is 0.481 e. The lowest BCUT2D eigenvalue weighted by Gasteiger charge is -2.20. The smallest absolute Gasteiger partial charge is 0.362 e. The van der Waals surface area contributed by atoms with Gasteiger partial charge in [0.2, 0.25) is 5.91 Å². The fourth-order valence-electron chi connectivity index (χ4n) is 3.93. The molecule has 0 aliphatic rings. The Bertz CT molecular complexity index is 1450. The molecule has 0 spiro atoms. The molecule has 0 aliphatic heterocycles. The van der Waals surface area contributed by atoms with E-state index in [1.807, 2.05) is 24.3 Å². The van der Waals surface area contributed by atoms with Crippen LogP contribution >= 0.6 is 0 Å². The topological polar surface area (TPSA) is 131 Å². The number of nitrogens with one attached hydrogen (secondary N) is 1. The van der Waals surface area contributed by atoms with E-state index < -0.39 is 11.6 Å². The highest BCUT2D eigenvalue weighted by atomic mass is 16.4. The number of amides is 1. The van der Waals surface area contributed by atoms with Gasteiger partial charge in [-0.05, 0) is 50.6 Å². The van der Waals surface area contributed by atoms with Crippen molar-refractivity contribution in [2.75, 3.05) is 23.3 Å². The van der Waals surface area contributed by atoms with Crippen LogP contribution in [0.4, 0.5) is 11.4 Å². The number of carbonyl (C=O) groups is 2. The Labute approximate surface area is 207 Å². The lowest BCUT2D eigenvalue weighted by molar-refractivity contribution is -0.137. The van der Waals surface area contributed by atoms with Crippen LogP contribution in [0.5, 0.6) is 0 Å². The Morgan fingerprint density at radius 2 is 1.89 bits per heavy atom. The molecule has 0 saturated heterocycles. The van der Waals surface area contributed by atoms with Crippen LogP contribution in [0.1, 0.15) is 33.1 Å². The SMILES string of the molecule is CCN(CC)c1ccc2cc(-n3cc(-c4cccc(NC(=O)CCCC(=O)O)c4)nn3)c(=O)oc2c1. The predicted molar refractivity (Wildman–Crippen MR) is 137 cm³/mol. The average molecular weight is 490 g/mol. The summed E-state index contributed by atoms with van der Waals surface area (Å²) in [6.07, 6.45) is 1.94. The summed E-state index contributed by atoms with van der Waals surface area (Å²) in [5.74, 6) is -1.20. The first-order valence-corrected chi connectivity index (χ1v) is 11.8. The zero-order valence-electron chi connectivity index (χ0n) is 20.1. The molecule has 0 fully saturated rings. The zero-order valence-corrected chi connectivity index (χ0v) is 20.1. The highest BCUT2D eigenvalue weighted by Crippen LogP contribution is 2.24. The van der Waals surface area contributed by atoms with E-state index in [0.717, 1.165) is 24.2 Å². The fourth-order valence-corrected chi connectivity index (χ4v) is 3.93. The Hall–Kier alpha value is -4.47. The average Bonchev–Trinajstić information content (AvgIpc) is 3.34. The van der Waals surface area contributed by atoms with Crippen molar-refractivity contribution in [1.82, 2.24) is 15.0 Å². The third-order valence-corrected chi connectivity index (χ3v) is 5.81. The van der Waals surface area contributed by atoms with Crippen molar-refractivity contribution in [2.45, 2.75) is 33.1 Å². The highest BCUT2D eigenvalue weighted by Gasteiger charge is 2.13. The van der Waals surface area contributed by atoms with Crippen molar-refractivity contribution >= 4 is 34.2 Å². The number of carboxylic acids is 1. The molecule has 36 heavy (non-hydrogen) atoms. The van der Waals surface area contributed by atoms with Crippen LogP contribution in [0.3, 0.4) is 0 Å². The van der Waals surface area contributed by atoms with E-state index in [4.69, 9.17) is 9.52 Å². The van der Waals surface area contributed by atoms with E-state index in [-0.39, 0.29) is 30.9 Å². The van der Waals surface area contributed by atoms with Gasteiger partial charge in [-0.25, -0.2) is 9.48 Å². The van der Waals surface area contributed by atoms with Gasteiger partial charge in [0.15, 0.2) is 5.69 Å². The van der Waals surface area contributed by atoms with Crippen LogP contribution < -0.4 is 15.8 Å². The molecule has 0 radical (unpaired) electrons. The highest BCUT2D eigenvalue weighted by molar-refractivity contribution is 5.91. The van der Waals surface area contributed by atoms with Crippen LogP contribution in [-0.2, 0) is 9.59 Å². The van der Waals surface area contributed by atoms with Gasteiger partial charge in [0.25, 0.3) is 0 Å². The van der Waals surface area contributed by atoms with Crippen molar-refractivity contribution in [3.05, 3.63) is 65.1 Å². The summed E-state index contributed by atoms with van der Waals surface area (Å²) in [5, 5.41) is 20.5. The van der Waals surface area contributed by atoms with Crippen LogP contribution in [0.2, 0.25) is 0 Å². The van der Waals surface area contributed by atoms with E-state index in [1.165, 1.54) is 4.68 Å². The Balaban J connectivity index is 1.55. The number of aliphatic carboxylic acids is 1. The normalized spacial score (nSPS) is 10.9. The standard InChI is InChI=1S/C26H27N5O5/c1-3-30(4-2)20-12-11-18-14-22(26(35)36-23(18)15-20)31-16-21(28-29-31)17-7-5-8-19(13-17)27-24(32)9-6-10-25(33)34/h5,7-8,11-16H,3-4,6,9-10H2,1-2H3,(H,27,32)(H,33,34). The van der Waals surface area contributed by atoms with Crippen LogP contribution in [0.25, 0.3) is 27.9 Å². The first kappa shape index (κ1) is 24.6. The van der Waals surface area contributed by atoms with Gasteiger partial charge >= 0.3 is 11.6 Å². The molecule has 0 unspecified atom stereocenters. The summed E-state index contributed by atoms with van der Waals surface area (Å²) in [6, 6.07) is 14.5. The molecule has 0 saturated carbocycles. The molecule has 0 bridgehead atoms. The lowest BCUT2D eigenvalue weighted by atomic mass is 10.1. The lowest BCUT2D eigenvalue weighted by Crippen LogP contribution is -2.21. The number of carbonyl (C=O) groups excluding carboxylic acids is 1. The Kier molecular flexibility index (Phi) is 7.43. The molecule has 1 amide bonds. The number of aromatic nitrogens is 3. The van der Waals surface area contributed by atoms with E-state index in [1.54, 1.807) is 30.5 Å². The molecule has 10 heteroatoms. The summed E-state index contributed by atoms with van der Waals surface area (Å²) >= 11 is 0. The van der Waals surface area contributed by atoms with Gasteiger partial charge in [0.05, 0.1) is 6.20 Å². The van der Waals surface area contributed by atoms with Crippen molar-refractivity contribution in [1.29, 1.82) is 0 Å². The van der Waals surface area contributed by atoms with E-state index in [2.05, 4.69) is 34.4 Å². The number of nitrogens with zero attached hydrogens (tertiary/aromatic N) is 4. The molecule has 2 N–H and O–H groups in total. The van der Waals surface area contributed by atoms with Crippen molar-refractivity contribution in [3.63, 3.8) is 0 Å². The van der Waals surface area contributed by atoms with Crippen LogP contribution in [-0.4, -0.2) is 45.1 Å². The zero-order chi connectivity index (χ0) is 25.7. The molecule has 2 aromatic heterocycles. The number of benzene rings is 2. The fraction of sp³-hybridized carbons (Fsp3) is 0.269. The number of rotatable bonds is 10. The van der Waals surface area contributed by atoms with Crippen molar-refractivity contribution < 1.29 is 19.1 Å². The molecule has 4 rings (SSSR count). The molecular weight excluding hydrogens is 462 g/mol. The minimum absolute atomic E-state index is 0.0591. The first-order chi connectivity index (χ1) is 17.4. The van der Waals surface area contributed by atoms with Gasteiger partial charge in [-0.15, -0.1) is 5.10 Å². The summed E-state index contributed by atoms with van der Waals surface area (Å²) in [7, 11) is 0. The maximum atomic E-state index is 12.8. The summed E-state index contributed by atoms with van der Waals surface area (Å²) < 4.78 is 6.97. The van der Waals surface area contributed by atoms with Gasteiger partial charge in [-0.2, -0.15) is 0 Å². The van der Waals surface area contributed by atoms with Gasteiger partial charge < -0.3 is 19.7 Å². The summed E-state index contributed by atoms with van der Waals surface area (Å²) in [5.41, 5.74) is 2.95. The molecule has 0 aliphatic carbocycles. The van der Waals surface area contributed by atoms with Crippen molar-refractivity contribution in [3.8, 4) is 16.9 Å². The Morgan fingerprint density at radius 3 is 2.64 bits per heavy atom.